The van der Waals surface area contributed by atoms with Crippen molar-refractivity contribution in [2.24, 2.45) is 5.92 Å². The number of hydrogen-bond acceptors (Lipinski definition) is 6. The maximum absolute atomic E-state index is 12.7. The van der Waals surface area contributed by atoms with E-state index in [1.54, 1.807) is 47.4 Å². The van der Waals surface area contributed by atoms with Gasteiger partial charge in [0.25, 0.3) is 5.91 Å². The number of anilines is 1. The second-order valence-corrected chi connectivity index (χ2v) is 8.10. The second kappa shape index (κ2) is 9.41. The molecule has 0 saturated carbocycles. The Hall–Kier alpha value is -3.70. The summed E-state index contributed by atoms with van der Waals surface area (Å²) in [4.78, 5) is 32.0. The van der Waals surface area contributed by atoms with Crippen molar-refractivity contribution >= 4 is 28.8 Å². The number of piperidine rings is 1. The predicted molar refractivity (Wildman–Crippen MR) is 117 cm³/mol. The van der Waals surface area contributed by atoms with Crippen LogP contribution in [0.3, 0.4) is 0 Å². The number of nitriles is 1. The molecule has 4 rings (SSSR count). The van der Waals surface area contributed by atoms with Crippen molar-refractivity contribution < 1.29 is 14.3 Å². The lowest BCUT2D eigenvalue weighted by Gasteiger charge is -2.31. The Labute approximate surface area is 183 Å². The van der Waals surface area contributed by atoms with Crippen LogP contribution in [0.1, 0.15) is 28.1 Å². The van der Waals surface area contributed by atoms with Gasteiger partial charge in [0.2, 0.25) is 11.8 Å². The first kappa shape index (κ1) is 20.6. The van der Waals surface area contributed by atoms with E-state index in [0.717, 1.165) is 12.8 Å². The fraction of sp³-hybridized carbons (Fsp3) is 0.217. The van der Waals surface area contributed by atoms with E-state index in [-0.39, 0.29) is 17.7 Å². The number of nitrogens with one attached hydrogen (secondary N) is 1. The van der Waals surface area contributed by atoms with Gasteiger partial charge in [-0.2, -0.15) is 5.26 Å². The van der Waals surface area contributed by atoms with Crippen molar-refractivity contribution in [3.8, 4) is 17.7 Å². The largest absolute Gasteiger partial charge is 0.438 e. The summed E-state index contributed by atoms with van der Waals surface area (Å²) >= 11 is 1.41. The molecule has 2 amide bonds. The molecule has 3 aromatic rings. The van der Waals surface area contributed by atoms with Gasteiger partial charge in [-0.3, -0.25) is 9.59 Å². The molecular formula is C23H20N4O3S. The number of amides is 2. The van der Waals surface area contributed by atoms with Crippen molar-refractivity contribution in [1.82, 2.24) is 9.88 Å². The van der Waals surface area contributed by atoms with E-state index in [0.29, 0.717) is 40.8 Å². The quantitative estimate of drug-likeness (QED) is 0.649. The number of para-hydroxylation sites is 1. The zero-order valence-corrected chi connectivity index (χ0v) is 17.5. The Morgan fingerprint density at radius 1 is 1.19 bits per heavy atom. The number of hydrogen-bond donors (Lipinski definition) is 1. The number of nitrogens with zero attached hydrogens (tertiary/aromatic N) is 3. The van der Waals surface area contributed by atoms with E-state index < -0.39 is 0 Å². The van der Waals surface area contributed by atoms with Gasteiger partial charge in [-0.05, 0) is 42.5 Å². The van der Waals surface area contributed by atoms with E-state index in [4.69, 9.17) is 10.00 Å². The van der Waals surface area contributed by atoms with E-state index in [1.807, 2.05) is 11.4 Å². The SMILES string of the molecule is N#Cc1ccccc1Oc1ccc(NC(=O)C2CCCN(C(=O)c3cccs3)C2)cn1. The van der Waals surface area contributed by atoms with Crippen LogP contribution in [-0.4, -0.2) is 34.8 Å². The number of carbonyl (C=O) groups is 2. The van der Waals surface area contributed by atoms with Crippen LogP contribution in [0.2, 0.25) is 0 Å². The molecule has 7 nitrogen and oxygen atoms in total. The molecule has 1 aliphatic rings. The summed E-state index contributed by atoms with van der Waals surface area (Å²) in [6.45, 7) is 1.07. The molecule has 1 saturated heterocycles. The summed E-state index contributed by atoms with van der Waals surface area (Å²) in [5, 5.41) is 13.9. The first-order valence-electron chi connectivity index (χ1n) is 9.91. The van der Waals surface area contributed by atoms with Crippen LogP contribution in [0.15, 0.2) is 60.1 Å². The summed E-state index contributed by atoms with van der Waals surface area (Å²) in [6, 6.07) is 16.0. The topological polar surface area (TPSA) is 95.3 Å². The van der Waals surface area contributed by atoms with Gasteiger partial charge in [-0.15, -0.1) is 11.3 Å². The number of likely N-dealkylation sites (tertiary alicyclic amines) is 1. The summed E-state index contributed by atoms with van der Waals surface area (Å²) in [5.74, 6) is 0.330. The average molecular weight is 433 g/mol. The standard InChI is InChI=1S/C23H20N4O3S/c24-13-16-5-1-2-7-19(16)30-21-10-9-18(14-25-21)26-22(28)17-6-3-11-27(15-17)23(29)20-8-4-12-31-20/h1-2,4-5,7-10,12,14,17H,3,6,11,15H2,(H,26,28). The molecule has 1 aromatic carbocycles. The summed E-state index contributed by atoms with van der Waals surface area (Å²) in [5.41, 5.74) is 0.966. The predicted octanol–water partition coefficient (Wildman–Crippen LogP) is 4.30. The molecule has 31 heavy (non-hydrogen) atoms. The molecule has 1 fully saturated rings. The Balaban J connectivity index is 1.36. The maximum Gasteiger partial charge on any atom is 0.263 e. The molecule has 0 aliphatic carbocycles. The molecule has 2 aromatic heterocycles. The smallest absolute Gasteiger partial charge is 0.263 e. The van der Waals surface area contributed by atoms with Crippen LogP contribution >= 0.6 is 11.3 Å². The Morgan fingerprint density at radius 3 is 2.81 bits per heavy atom. The minimum absolute atomic E-state index is 0.0201. The van der Waals surface area contributed by atoms with Crippen LogP contribution in [0, 0.1) is 17.2 Å². The third-order valence-electron chi connectivity index (χ3n) is 5.04. The lowest BCUT2D eigenvalue weighted by molar-refractivity contribution is -0.121. The summed E-state index contributed by atoms with van der Waals surface area (Å²) in [7, 11) is 0. The van der Waals surface area contributed by atoms with Gasteiger partial charge in [0.1, 0.15) is 11.8 Å². The van der Waals surface area contributed by atoms with Gasteiger partial charge in [0, 0.05) is 19.2 Å². The van der Waals surface area contributed by atoms with Crippen LogP contribution < -0.4 is 10.1 Å². The molecule has 3 heterocycles. The van der Waals surface area contributed by atoms with Crippen molar-refractivity contribution in [3.63, 3.8) is 0 Å². The molecule has 0 bridgehead atoms. The summed E-state index contributed by atoms with van der Waals surface area (Å²) < 4.78 is 5.66. The van der Waals surface area contributed by atoms with Gasteiger partial charge < -0.3 is 15.0 Å². The lowest BCUT2D eigenvalue weighted by Crippen LogP contribution is -2.43. The Morgan fingerprint density at radius 2 is 2.06 bits per heavy atom. The van der Waals surface area contributed by atoms with E-state index in [2.05, 4.69) is 16.4 Å². The van der Waals surface area contributed by atoms with Crippen LogP contribution in [0.5, 0.6) is 11.6 Å². The first-order chi connectivity index (χ1) is 15.1. The molecule has 0 radical (unpaired) electrons. The number of benzene rings is 1. The highest BCUT2D eigenvalue weighted by Gasteiger charge is 2.29. The molecule has 1 unspecified atom stereocenters. The third kappa shape index (κ3) is 4.90. The minimum atomic E-state index is -0.268. The number of rotatable bonds is 5. The van der Waals surface area contributed by atoms with Gasteiger partial charge in [0.05, 0.1) is 28.2 Å². The molecule has 1 atom stereocenters. The number of ether oxygens (including phenoxy) is 1. The molecule has 156 valence electrons. The normalized spacial score (nSPS) is 15.7. The monoisotopic (exact) mass is 432 g/mol. The average Bonchev–Trinajstić information content (AvgIpc) is 3.35. The molecule has 1 aliphatic heterocycles. The van der Waals surface area contributed by atoms with E-state index >= 15 is 0 Å². The fourth-order valence-corrected chi connectivity index (χ4v) is 4.14. The van der Waals surface area contributed by atoms with Crippen molar-refractivity contribution in [2.45, 2.75) is 12.8 Å². The summed E-state index contributed by atoms with van der Waals surface area (Å²) in [6.07, 6.45) is 3.04. The highest BCUT2D eigenvalue weighted by molar-refractivity contribution is 7.12. The number of aromatic nitrogens is 1. The molecule has 1 N–H and O–H groups in total. The van der Waals surface area contributed by atoms with Crippen molar-refractivity contribution in [2.75, 3.05) is 18.4 Å². The Kier molecular flexibility index (Phi) is 6.24. The fourth-order valence-electron chi connectivity index (χ4n) is 3.45. The number of carbonyl (C=O) groups excluding carboxylic acids is 2. The number of pyridine rings is 1. The first-order valence-corrected chi connectivity index (χ1v) is 10.8. The zero-order valence-electron chi connectivity index (χ0n) is 16.7. The van der Waals surface area contributed by atoms with E-state index in [9.17, 15) is 9.59 Å². The zero-order chi connectivity index (χ0) is 21.6. The van der Waals surface area contributed by atoms with Gasteiger partial charge in [-0.25, -0.2) is 4.98 Å². The van der Waals surface area contributed by atoms with Gasteiger partial charge >= 0.3 is 0 Å². The van der Waals surface area contributed by atoms with Gasteiger partial charge in [-0.1, -0.05) is 18.2 Å². The molecule has 0 spiro atoms. The second-order valence-electron chi connectivity index (χ2n) is 7.15. The molecular weight excluding hydrogens is 412 g/mol. The van der Waals surface area contributed by atoms with E-state index in [1.165, 1.54) is 17.5 Å². The van der Waals surface area contributed by atoms with Crippen molar-refractivity contribution in [1.29, 1.82) is 5.26 Å². The van der Waals surface area contributed by atoms with Crippen LogP contribution in [0.4, 0.5) is 5.69 Å². The van der Waals surface area contributed by atoms with Gasteiger partial charge in [0.15, 0.2) is 0 Å². The van der Waals surface area contributed by atoms with Crippen molar-refractivity contribution in [3.05, 3.63) is 70.5 Å². The minimum Gasteiger partial charge on any atom is -0.438 e. The molecule has 8 heteroatoms. The Bertz CT molecular complexity index is 1110. The van der Waals surface area contributed by atoms with Crippen LogP contribution in [0.25, 0.3) is 0 Å². The highest BCUT2D eigenvalue weighted by Crippen LogP contribution is 2.25. The lowest BCUT2D eigenvalue weighted by atomic mass is 9.97. The maximum atomic E-state index is 12.7. The van der Waals surface area contributed by atoms with Crippen LogP contribution in [-0.2, 0) is 4.79 Å². The third-order valence-corrected chi connectivity index (χ3v) is 5.90. The highest BCUT2D eigenvalue weighted by atomic mass is 32.1. The number of thiophene rings is 1.